The van der Waals surface area contributed by atoms with Gasteiger partial charge in [0.2, 0.25) is 10.0 Å². The first-order valence-corrected chi connectivity index (χ1v) is 7.82. The molecule has 1 saturated heterocycles. The number of methoxy groups -OCH3 is 1. The van der Waals surface area contributed by atoms with E-state index in [1.807, 2.05) is 0 Å². The van der Waals surface area contributed by atoms with Gasteiger partial charge in [-0.2, -0.15) is 4.31 Å². The first-order valence-electron chi connectivity index (χ1n) is 6.38. The molecule has 0 unspecified atom stereocenters. The van der Waals surface area contributed by atoms with Crippen LogP contribution >= 0.6 is 0 Å². The van der Waals surface area contributed by atoms with E-state index in [0.717, 1.165) is 0 Å². The Balaban J connectivity index is 2.28. The lowest BCUT2D eigenvalue weighted by Crippen LogP contribution is -2.42. The maximum atomic E-state index is 12.6. The molecule has 0 radical (unpaired) electrons. The Hall–Kier alpha value is -1.41. The predicted molar refractivity (Wildman–Crippen MR) is 69.5 cm³/mol. The standard InChI is InChI=1S/C12H18N2O5S/c1-8-11(9(2)19-13-8)20(16,17)14-6-4-5-10(7-14)12(15)18-3/h10H,4-7H2,1-3H3/t10-/m0/s1. The molecule has 1 aliphatic rings. The Morgan fingerprint density at radius 3 is 2.70 bits per heavy atom. The van der Waals surface area contributed by atoms with Crippen molar-refractivity contribution in [1.29, 1.82) is 0 Å². The van der Waals surface area contributed by atoms with Crippen LogP contribution in [0.25, 0.3) is 0 Å². The third kappa shape index (κ3) is 2.57. The fraction of sp³-hybridized carbons (Fsp3) is 0.667. The van der Waals surface area contributed by atoms with Gasteiger partial charge in [-0.05, 0) is 26.7 Å². The van der Waals surface area contributed by atoms with E-state index in [1.54, 1.807) is 13.8 Å². The third-order valence-electron chi connectivity index (χ3n) is 3.48. The van der Waals surface area contributed by atoms with Gasteiger partial charge in [0, 0.05) is 13.1 Å². The maximum absolute atomic E-state index is 12.6. The quantitative estimate of drug-likeness (QED) is 0.769. The Morgan fingerprint density at radius 1 is 1.45 bits per heavy atom. The molecule has 112 valence electrons. The number of esters is 1. The van der Waals surface area contributed by atoms with Crippen molar-refractivity contribution in [2.75, 3.05) is 20.2 Å². The van der Waals surface area contributed by atoms with E-state index in [4.69, 9.17) is 9.26 Å². The van der Waals surface area contributed by atoms with Gasteiger partial charge in [-0.25, -0.2) is 8.42 Å². The summed E-state index contributed by atoms with van der Waals surface area (Å²) >= 11 is 0. The minimum Gasteiger partial charge on any atom is -0.469 e. The van der Waals surface area contributed by atoms with E-state index in [2.05, 4.69) is 5.16 Å². The van der Waals surface area contributed by atoms with Crippen LogP contribution in [0.4, 0.5) is 0 Å². The highest BCUT2D eigenvalue weighted by molar-refractivity contribution is 7.89. The molecule has 1 aromatic rings. The van der Waals surface area contributed by atoms with Crippen LogP contribution in [0.1, 0.15) is 24.3 Å². The van der Waals surface area contributed by atoms with Crippen molar-refractivity contribution in [2.45, 2.75) is 31.6 Å². The van der Waals surface area contributed by atoms with E-state index in [1.165, 1.54) is 11.4 Å². The highest BCUT2D eigenvalue weighted by atomic mass is 32.2. The van der Waals surface area contributed by atoms with Crippen LogP contribution in [0.3, 0.4) is 0 Å². The molecule has 0 N–H and O–H groups in total. The molecule has 1 fully saturated rings. The molecule has 1 aromatic heterocycles. The molecular weight excluding hydrogens is 284 g/mol. The van der Waals surface area contributed by atoms with Gasteiger partial charge in [-0.15, -0.1) is 0 Å². The van der Waals surface area contributed by atoms with E-state index in [0.29, 0.717) is 25.1 Å². The number of carbonyl (C=O) groups is 1. The first kappa shape index (κ1) is 15.0. The molecule has 0 bridgehead atoms. The minimum atomic E-state index is -3.69. The number of aromatic nitrogens is 1. The zero-order valence-electron chi connectivity index (χ0n) is 11.7. The second-order valence-electron chi connectivity index (χ2n) is 4.88. The normalized spacial score (nSPS) is 20.9. The average Bonchev–Trinajstić information content (AvgIpc) is 2.78. The molecule has 1 atom stereocenters. The topological polar surface area (TPSA) is 89.7 Å². The molecule has 0 aromatic carbocycles. The van der Waals surface area contributed by atoms with Gasteiger partial charge < -0.3 is 9.26 Å². The van der Waals surface area contributed by atoms with E-state index < -0.39 is 15.9 Å². The summed E-state index contributed by atoms with van der Waals surface area (Å²) < 4.78 is 36.2. The van der Waals surface area contributed by atoms with E-state index in [9.17, 15) is 13.2 Å². The number of carbonyl (C=O) groups excluding carboxylic acids is 1. The predicted octanol–water partition coefficient (Wildman–Crippen LogP) is 0.865. The Morgan fingerprint density at radius 2 is 2.15 bits per heavy atom. The second kappa shape index (κ2) is 5.53. The van der Waals surface area contributed by atoms with Crippen molar-refractivity contribution in [3.8, 4) is 0 Å². The van der Waals surface area contributed by atoms with Gasteiger partial charge in [0.1, 0.15) is 10.6 Å². The fourth-order valence-electron chi connectivity index (χ4n) is 2.49. The lowest BCUT2D eigenvalue weighted by molar-refractivity contribution is -0.146. The van der Waals surface area contributed by atoms with Crippen LogP contribution in [0.5, 0.6) is 0 Å². The number of ether oxygens (including phenoxy) is 1. The van der Waals surface area contributed by atoms with Crippen LogP contribution in [0, 0.1) is 19.8 Å². The maximum Gasteiger partial charge on any atom is 0.309 e. The Kier molecular flexibility index (Phi) is 4.14. The molecular formula is C12H18N2O5S. The van der Waals surface area contributed by atoms with Gasteiger partial charge >= 0.3 is 5.97 Å². The molecule has 0 spiro atoms. The molecule has 2 rings (SSSR count). The van der Waals surface area contributed by atoms with Gasteiger partial charge in [0.05, 0.1) is 13.0 Å². The second-order valence-corrected chi connectivity index (χ2v) is 6.75. The Bertz CT molecular complexity index is 588. The molecule has 1 aliphatic heterocycles. The highest BCUT2D eigenvalue weighted by Crippen LogP contribution is 2.27. The fourth-order valence-corrected chi connectivity index (χ4v) is 4.31. The Labute approximate surface area is 117 Å². The van der Waals surface area contributed by atoms with Crippen LogP contribution in [0.2, 0.25) is 0 Å². The number of piperidine rings is 1. The number of nitrogens with zero attached hydrogens (tertiary/aromatic N) is 2. The monoisotopic (exact) mass is 302 g/mol. The summed E-state index contributed by atoms with van der Waals surface area (Å²) in [6, 6.07) is 0. The van der Waals surface area contributed by atoms with E-state index >= 15 is 0 Å². The molecule has 0 saturated carbocycles. The molecule has 2 heterocycles. The van der Waals surface area contributed by atoms with Gasteiger partial charge in [-0.1, -0.05) is 5.16 Å². The summed E-state index contributed by atoms with van der Waals surface area (Å²) in [6.07, 6.45) is 1.27. The smallest absolute Gasteiger partial charge is 0.309 e. The molecule has 7 nitrogen and oxygen atoms in total. The van der Waals surface area contributed by atoms with Crippen LogP contribution < -0.4 is 0 Å². The van der Waals surface area contributed by atoms with Crippen LogP contribution in [-0.4, -0.2) is 44.0 Å². The number of sulfonamides is 1. The molecule has 8 heteroatoms. The van der Waals surface area contributed by atoms with Crippen molar-refractivity contribution in [3.63, 3.8) is 0 Å². The van der Waals surface area contributed by atoms with Crippen molar-refractivity contribution in [1.82, 2.24) is 9.46 Å². The summed E-state index contributed by atoms with van der Waals surface area (Å²) in [5.41, 5.74) is 0.336. The SMILES string of the molecule is COC(=O)[C@H]1CCCN(S(=O)(=O)c2c(C)noc2C)C1. The number of rotatable bonds is 3. The summed E-state index contributed by atoms with van der Waals surface area (Å²) in [7, 11) is -2.38. The zero-order valence-corrected chi connectivity index (χ0v) is 12.6. The first-order chi connectivity index (χ1) is 9.37. The number of hydrogen-bond acceptors (Lipinski definition) is 6. The molecule has 0 aliphatic carbocycles. The van der Waals surface area contributed by atoms with Crippen molar-refractivity contribution >= 4 is 16.0 Å². The van der Waals surface area contributed by atoms with Gasteiger partial charge in [0.25, 0.3) is 0 Å². The number of aryl methyl sites for hydroxylation is 2. The molecule has 0 amide bonds. The lowest BCUT2D eigenvalue weighted by atomic mass is 10.0. The minimum absolute atomic E-state index is 0.100. The summed E-state index contributed by atoms with van der Waals surface area (Å²) in [6.45, 7) is 3.68. The summed E-state index contributed by atoms with van der Waals surface area (Å²) in [5, 5.41) is 3.68. The van der Waals surface area contributed by atoms with Crippen LogP contribution in [-0.2, 0) is 19.6 Å². The zero-order chi connectivity index (χ0) is 14.9. The lowest BCUT2D eigenvalue weighted by Gasteiger charge is -2.30. The molecule has 20 heavy (non-hydrogen) atoms. The van der Waals surface area contributed by atoms with Crippen molar-refractivity contribution in [2.24, 2.45) is 5.92 Å². The third-order valence-corrected chi connectivity index (χ3v) is 5.59. The van der Waals surface area contributed by atoms with Gasteiger partial charge in [0.15, 0.2) is 5.76 Å². The largest absolute Gasteiger partial charge is 0.469 e. The highest BCUT2D eigenvalue weighted by Gasteiger charge is 2.36. The average molecular weight is 302 g/mol. The summed E-state index contributed by atoms with van der Waals surface area (Å²) in [5.74, 6) is -0.518. The van der Waals surface area contributed by atoms with Gasteiger partial charge in [-0.3, -0.25) is 4.79 Å². The van der Waals surface area contributed by atoms with E-state index in [-0.39, 0.29) is 23.2 Å². The van der Waals surface area contributed by atoms with Crippen molar-refractivity contribution < 1.29 is 22.5 Å². The number of hydrogen-bond donors (Lipinski definition) is 0. The summed E-state index contributed by atoms with van der Waals surface area (Å²) in [4.78, 5) is 11.7. The van der Waals surface area contributed by atoms with Crippen molar-refractivity contribution in [3.05, 3.63) is 11.5 Å². The van der Waals surface area contributed by atoms with Crippen LogP contribution in [0.15, 0.2) is 9.42 Å².